The summed E-state index contributed by atoms with van der Waals surface area (Å²) in [5, 5.41) is 8.76. The minimum absolute atomic E-state index is 0.194. The van der Waals surface area contributed by atoms with Crippen LogP contribution in [0.5, 0.6) is 0 Å². The monoisotopic (exact) mass is 350 g/mol. The van der Waals surface area contributed by atoms with Crippen molar-refractivity contribution in [2.45, 2.75) is 25.6 Å². The fraction of sp³-hybridized carbons (Fsp3) is 0.368. The third kappa shape index (κ3) is 3.72. The molecule has 134 valence electrons. The van der Waals surface area contributed by atoms with Gasteiger partial charge in [0.15, 0.2) is 11.6 Å². The van der Waals surface area contributed by atoms with Gasteiger partial charge in [-0.1, -0.05) is 6.07 Å². The van der Waals surface area contributed by atoms with Crippen LogP contribution in [0.1, 0.15) is 18.4 Å². The van der Waals surface area contributed by atoms with E-state index in [0.717, 1.165) is 48.8 Å². The Labute approximate surface area is 152 Å². The van der Waals surface area contributed by atoms with Crippen LogP contribution in [0.4, 0.5) is 5.82 Å². The fourth-order valence-electron chi connectivity index (χ4n) is 3.21. The zero-order valence-electron chi connectivity index (χ0n) is 14.8. The molecule has 1 atom stereocenters. The number of aromatic nitrogens is 5. The Morgan fingerprint density at radius 1 is 1.19 bits per heavy atom. The average molecular weight is 350 g/mol. The van der Waals surface area contributed by atoms with E-state index in [-0.39, 0.29) is 6.10 Å². The lowest BCUT2D eigenvalue weighted by atomic mass is 10.1. The third-order valence-corrected chi connectivity index (χ3v) is 4.61. The SMILES string of the molecule is Cn1ccnc1-c1ccc(N2CCC[C@H](OCc3cccnc3)C2)nn1. The standard InChI is InChI=1S/C19H22N6O/c1-24-11-9-21-19(24)17-6-7-18(23-22-17)25-10-3-5-16(13-25)26-14-15-4-2-8-20-12-15/h2,4,6-9,11-12,16H,3,5,10,13-14H2,1H3/t16-/m0/s1. The van der Waals surface area contributed by atoms with E-state index in [1.807, 2.05) is 48.3 Å². The predicted molar refractivity (Wildman–Crippen MR) is 98.5 cm³/mol. The van der Waals surface area contributed by atoms with Crippen molar-refractivity contribution in [3.63, 3.8) is 0 Å². The maximum absolute atomic E-state index is 6.08. The lowest BCUT2D eigenvalue weighted by Gasteiger charge is -2.33. The molecule has 3 aromatic rings. The van der Waals surface area contributed by atoms with Crippen molar-refractivity contribution in [1.29, 1.82) is 0 Å². The minimum atomic E-state index is 0.194. The van der Waals surface area contributed by atoms with Crippen LogP contribution in [-0.4, -0.2) is 43.9 Å². The Bertz CT molecular complexity index is 833. The molecule has 0 N–H and O–H groups in total. The molecule has 1 fully saturated rings. The number of nitrogens with zero attached hydrogens (tertiary/aromatic N) is 6. The molecule has 0 radical (unpaired) electrons. The smallest absolute Gasteiger partial charge is 0.160 e. The molecule has 0 aliphatic carbocycles. The first-order chi connectivity index (χ1) is 12.8. The second kappa shape index (κ2) is 7.61. The Kier molecular flexibility index (Phi) is 4.88. The van der Waals surface area contributed by atoms with E-state index < -0.39 is 0 Å². The molecule has 0 bridgehead atoms. The molecule has 0 aromatic carbocycles. The molecule has 4 heterocycles. The molecule has 1 aliphatic rings. The molecular formula is C19H22N6O. The van der Waals surface area contributed by atoms with E-state index in [1.54, 1.807) is 12.4 Å². The second-order valence-corrected chi connectivity index (χ2v) is 6.52. The summed E-state index contributed by atoms with van der Waals surface area (Å²) >= 11 is 0. The molecule has 7 nitrogen and oxygen atoms in total. The van der Waals surface area contributed by atoms with Crippen molar-refractivity contribution in [1.82, 2.24) is 24.7 Å². The fourth-order valence-corrected chi connectivity index (χ4v) is 3.21. The number of anilines is 1. The summed E-state index contributed by atoms with van der Waals surface area (Å²) in [7, 11) is 1.95. The van der Waals surface area contributed by atoms with Gasteiger partial charge in [0, 0.05) is 44.9 Å². The van der Waals surface area contributed by atoms with Crippen molar-refractivity contribution in [3.05, 3.63) is 54.6 Å². The van der Waals surface area contributed by atoms with Gasteiger partial charge in [0.25, 0.3) is 0 Å². The lowest BCUT2D eigenvalue weighted by Crippen LogP contribution is -2.40. The Morgan fingerprint density at radius 3 is 2.88 bits per heavy atom. The minimum Gasteiger partial charge on any atom is -0.372 e. The largest absolute Gasteiger partial charge is 0.372 e. The molecule has 7 heteroatoms. The summed E-state index contributed by atoms with van der Waals surface area (Å²) in [5.74, 6) is 1.71. The molecule has 0 saturated carbocycles. The van der Waals surface area contributed by atoms with Crippen LogP contribution in [0.2, 0.25) is 0 Å². The molecule has 0 spiro atoms. The summed E-state index contributed by atoms with van der Waals surface area (Å²) in [4.78, 5) is 10.7. The number of rotatable bonds is 5. The van der Waals surface area contributed by atoms with E-state index in [1.165, 1.54) is 0 Å². The van der Waals surface area contributed by atoms with Gasteiger partial charge in [-0.05, 0) is 36.6 Å². The van der Waals surface area contributed by atoms with Gasteiger partial charge in [-0.3, -0.25) is 4.98 Å². The van der Waals surface area contributed by atoms with Crippen LogP contribution in [-0.2, 0) is 18.4 Å². The van der Waals surface area contributed by atoms with Gasteiger partial charge >= 0.3 is 0 Å². The Hall–Kier alpha value is -2.80. The van der Waals surface area contributed by atoms with E-state index in [0.29, 0.717) is 6.61 Å². The summed E-state index contributed by atoms with van der Waals surface area (Å²) < 4.78 is 8.01. The maximum Gasteiger partial charge on any atom is 0.160 e. The van der Waals surface area contributed by atoms with Crippen LogP contribution in [0.3, 0.4) is 0 Å². The van der Waals surface area contributed by atoms with Crippen molar-refractivity contribution in [2.75, 3.05) is 18.0 Å². The average Bonchev–Trinajstić information content (AvgIpc) is 3.13. The number of hydrogen-bond acceptors (Lipinski definition) is 6. The van der Waals surface area contributed by atoms with Crippen molar-refractivity contribution < 1.29 is 4.74 Å². The number of piperidine rings is 1. The summed E-state index contributed by atoms with van der Waals surface area (Å²) in [5.41, 5.74) is 1.88. The van der Waals surface area contributed by atoms with E-state index in [9.17, 15) is 0 Å². The van der Waals surface area contributed by atoms with E-state index in [2.05, 4.69) is 25.1 Å². The molecule has 1 aliphatic heterocycles. The molecule has 1 saturated heterocycles. The van der Waals surface area contributed by atoms with Crippen molar-refractivity contribution in [3.8, 4) is 11.5 Å². The van der Waals surface area contributed by atoms with Crippen LogP contribution in [0.15, 0.2) is 49.1 Å². The van der Waals surface area contributed by atoms with E-state index in [4.69, 9.17) is 4.74 Å². The van der Waals surface area contributed by atoms with Gasteiger partial charge in [-0.2, -0.15) is 0 Å². The summed E-state index contributed by atoms with van der Waals surface area (Å²) in [6.07, 6.45) is 9.64. The number of hydrogen-bond donors (Lipinski definition) is 0. The summed E-state index contributed by atoms with van der Waals surface area (Å²) in [6.45, 7) is 2.40. The zero-order chi connectivity index (χ0) is 17.8. The van der Waals surface area contributed by atoms with Crippen LogP contribution in [0, 0.1) is 0 Å². The van der Waals surface area contributed by atoms with Crippen LogP contribution >= 0.6 is 0 Å². The molecular weight excluding hydrogens is 328 g/mol. The van der Waals surface area contributed by atoms with Crippen LogP contribution < -0.4 is 4.90 Å². The first-order valence-corrected chi connectivity index (χ1v) is 8.86. The van der Waals surface area contributed by atoms with Crippen molar-refractivity contribution in [2.24, 2.45) is 7.05 Å². The summed E-state index contributed by atoms with van der Waals surface area (Å²) in [6, 6.07) is 7.96. The first-order valence-electron chi connectivity index (χ1n) is 8.86. The van der Waals surface area contributed by atoms with Gasteiger partial charge in [-0.15, -0.1) is 10.2 Å². The first kappa shape index (κ1) is 16.7. The van der Waals surface area contributed by atoms with E-state index >= 15 is 0 Å². The normalized spacial score (nSPS) is 17.4. The highest BCUT2D eigenvalue weighted by Gasteiger charge is 2.22. The molecule has 0 amide bonds. The maximum atomic E-state index is 6.08. The predicted octanol–water partition coefficient (Wildman–Crippen LogP) is 2.46. The third-order valence-electron chi connectivity index (χ3n) is 4.61. The quantitative estimate of drug-likeness (QED) is 0.704. The molecule has 26 heavy (non-hydrogen) atoms. The Balaban J connectivity index is 1.39. The number of ether oxygens (including phenoxy) is 1. The topological polar surface area (TPSA) is 69.0 Å². The number of aryl methyl sites for hydroxylation is 1. The Morgan fingerprint density at radius 2 is 2.15 bits per heavy atom. The highest BCUT2D eigenvalue weighted by Crippen LogP contribution is 2.21. The zero-order valence-corrected chi connectivity index (χ0v) is 14.8. The molecule has 0 unspecified atom stereocenters. The molecule has 4 rings (SSSR count). The van der Waals surface area contributed by atoms with Gasteiger partial charge in [0.05, 0.1) is 12.7 Å². The number of imidazole rings is 1. The highest BCUT2D eigenvalue weighted by molar-refractivity contribution is 5.51. The second-order valence-electron chi connectivity index (χ2n) is 6.52. The van der Waals surface area contributed by atoms with Gasteiger partial charge in [0.2, 0.25) is 0 Å². The number of pyridine rings is 1. The van der Waals surface area contributed by atoms with Gasteiger partial charge < -0.3 is 14.2 Å². The molecule has 3 aromatic heterocycles. The van der Waals surface area contributed by atoms with Gasteiger partial charge in [0.1, 0.15) is 5.69 Å². The lowest BCUT2D eigenvalue weighted by molar-refractivity contribution is 0.0313. The van der Waals surface area contributed by atoms with Crippen LogP contribution in [0.25, 0.3) is 11.5 Å². The highest BCUT2D eigenvalue weighted by atomic mass is 16.5. The van der Waals surface area contributed by atoms with Crippen molar-refractivity contribution >= 4 is 5.82 Å². The van der Waals surface area contributed by atoms with Gasteiger partial charge in [-0.25, -0.2) is 4.98 Å².